The fourth-order valence-corrected chi connectivity index (χ4v) is 2.24. The van der Waals surface area contributed by atoms with Crippen molar-refractivity contribution in [3.05, 3.63) is 48.0 Å². The number of nitrogens with zero attached hydrogens (tertiary/aromatic N) is 1. The van der Waals surface area contributed by atoms with E-state index in [1.165, 1.54) is 5.39 Å². The molecule has 1 N–H and O–H groups in total. The second-order valence-corrected chi connectivity index (χ2v) is 4.79. The minimum atomic E-state index is 0. The van der Waals surface area contributed by atoms with Gasteiger partial charge in [-0.3, -0.25) is 4.79 Å². The first-order chi connectivity index (χ1) is 8.75. The zero-order valence-electron chi connectivity index (χ0n) is 10.8. The van der Waals surface area contributed by atoms with Crippen LogP contribution in [0.2, 0.25) is 0 Å². The van der Waals surface area contributed by atoms with Gasteiger partial charge in [0, 0.05) is 25.7 Å². The molecule has 1 saturated heterocycles. The van der Waals surface area contributed by atoms with Gasteiger partial charge in [-0.2, -0.15) is 0 Å². The first-order valence-electron chi connectivity index (χ1n) is 6.22. The molecule has 0 spiro atoms. The van der Waals surface area contributed by atoms with Gasteiger partial charge in [0.05, 0.1) is 6.04 Å². The number of benzene rings is 2. The maximum atomic E-state index is 12.3. The Morgan fingerprint density at radius 3 is 2.47 bits per heavy atom. The molecule has 0 bridgehead atoms. The molecule has 1 fully saturated rings. The van der Waals surface area contributed by atoms with Crippen LogP contribution in [0.5, 0.6) is 0 Å². The zero-order chi connectivity index (χ0) is 12.5. The summed E-state index contributed by atoms with van der Waals surface area (Å²) in [6.45, 7) is 1.80. The van der Waals surface area contributed by atoms with Crippen molar-refractivity contribution in [2.24, 2.45) is 0 Å². The van der Waals surface area contributed by atoms with Gasteiger partial charge in [0.15, 0.2) is 0 Å². The minimum absolute atomic E-state index is 0. The van der Waals surface area contributed by atoms with Crippen molar-refractivity contribution in [1.29, 1.82) is 0 Å². The number of halogens is 1. The van der Waals surface area contributed by atoms with E-state index in [-0.39, 0.29) is 18.3 Å². The highest BCUT2D eigenvalue weighted by molar-refractivity contribution is 5.98. The second kappa shape index (κ2) is 5.59. The summed E-state index contributed by atoms with van der Waals surface area (Å²) in [4.78, 5) is 14.2. The number of carbonyl (C=O) groups excluding carboxylic acids is 1. The molecule has 3 rings (SSSR count). The number of likely N-dealkylation sites (N-methyl/N-ethyl adjacent to an activating group) is 1. The van der Waals surface area contributed by atoms with Crippen molar-refractivity contribution in [3.63, 3.8) is 0 Å². The van der Waals surface area contributed by atoms with Gasteiger partial charge < -0.3 is 10.2 Å². The minimum Gasteiger partial charge on any atom is -0.336 e. The largest absolute Gasteiger partial charge is 0.336 e. The van der Waals surface area contributed by atoms with Crippen LogP contribution in [0.15, 0.2) is 42.5 Å². The highest BCUT2D eigenvalue weighted by atomic mass is 35.5. The monoisotopic (exact) mass is 276 g/mol. The van der Waals surface area contributed by atoms with E-state index in [9.17, 15) is 4.79 Å². The van der Waals surface area contributed by atoms with Gasteiger partial charge in [0.25, 0.3) is 5.91 Å². The number of hydrogen-bond acceptors (Lipinski definition) is 2. The predicted molar refractivity (Wildman–Crippen MR) is 79.9 cm³/mol. The third kappa shape index (κ3) is 2.57. The number of nitrogens with one attached hydrogen (secondary N) is 1. The molecule has 1 aliphatic heterocycles. The Hall–Kier alpha value is -1.58. The predicted octanol–water partition coefficient (Wildman–Crippen LogP) is 2.31. The van der Waals surface area contributed by atoms with E-state index < -0.39 is 0 Å². The summed E-state index contributed by atoms with van der Waals surface area (Å²) in [6.07, 6.45) is 0. The lowest BCUT2D eigenvalue weighted by Crippen LogP contribution is -2.57. The smallest absolute Gasteiger partial charge is 0.253 e. The fourth-order valence-electron chi connectivity index (χ4n) is 2.24. The van der Waals surface area contributed by atoms with Crippen LogP contribution in [0.1, 0.15) is 10.4 Å². The van der Waals surface area contributed by atoms with Crippen LogP contribution < -0.4 is 5.32 Å². The molecule has 0 saturated carbocycles. The molecular weight excluding hydrogens is 260 g/mol. The van der Waals surface area contributed by atoms with Crippen molar-refractivity contribution in [2.75, 3.05) is 20.1 Å². The lowest BCUT2D eigenvalue weighted by atomic mass is 10.0. The number of carbonyl (C=O) groups is 1. The van der Waals surface area contributed by atoms with Crippen LogP contribution in [0.4, 0.5) is 0 Å². The molecular formula is C15H17ClN2O. The maximum absolute atomic E-state index is 12.3. The average Bonchev–Trinajstić information content (AvgIpc) is 2.35. The maximum Gasteiger partial charge on any atom is 0.253 e. The van der Waals surface area contributed by atoms with Gasteiger partial charge in [-0.05, 0) is 22.9 Å². The highest BCUT2D eigenvalue weighted by Crippen LogP contribution is 2.17. The molecule has 2 aromatic carbocycles. The van der Waals surface area contributed by atoms with Gasteiger partial charge in [0.1, 0.15) is 0 Å². The molecule has 3 nitrogen and oxygen atoms in total. The fraction of sp³-hybridized carbons (Fsp3) is 0.267. The Morgan fingerprint density at radius 1 is 1.16 bits per heavy atom. The molecule has 0 aromatic heterocycles. The summed E-state index contributed by atoms with van der Waals surface area (Å²) in [6, 6.07) is 14.3. The molecule has 1 amide bonds. The third-order valence-corrected chi connectivity index (χ3v) is 3.62. The molecule has 0 radical (unpaired) electrons. The van der Waals surface area contributed by atoms with Crippen molar-refractivity contribution in [3.8, 4) is 0 Å². The summed E-state index contributed by atoms with van der Waals surface area (Å²) < 4.78 is 0. The quantitative estimate of drug-likeness (QED) is 0.913. The molecule has 19 heavy (non-hydrogen) atoms. The molecule has 0 aliphatic carbocycles. The first-order valence-corrected chi connectivity index (χ1v) is 6.22. The van der Waals surface area contributed by atoms with Crippen LogP contribution in [0.25, 0.3) is 10.8 Å². The van der Waals surface area contributed by atoms with E-state index in [0.29, 0.717) is 6.04 Å². The van der Waals surface area contributed by atoms with Crippen molar-refractivity contribution in [1.82, 2.24) is 10.2 Å². The number of amides is 1. The highest BCUT2D eigenvalue weighted by Gasteiger charge is 2.25. The van der Waals surface area contributed by atoms with Crippen LogP contribution >= 0.6 is 12.4 Å². The van der Waals surface area contributed by atoms with E-state index in [1.54, 1.807) is 0 Å². The molecule has 1 heterocycles. The van der Waals surface area contributed by atoms with Gasteiger partial charge in [-0.25, -0.2) is 0 Å². The van der Waals surface area contributed by atoms with Crippen LogP contribution in [-0.2, 0) is 0 Å². The number of rotatable bonds is 2. The number of fused-ring (bicyclic) bond motifs is 1. The van der Waals surface area contributed by atoms with Crippen molar-refractivity contribution in [2.45, 2.75) is 6.04 Å². The van der Waals surface area contributed by atoms with Crippen molar-refractivity contribution >= 4 is 29.1 Å². The molecule has 100 valence electrons. The van der Waals surface area contributed by atoms with E-state index in [2.05, 4.69) is 11.4 Å². The topological polar surface area (TPSA) is 32.3 Å². The second-order valence-electron chi connectivity index (χ2n) is 4.79. The van der Waals surface area contributed by atoms with Gasteiger partial charge >= 0.3 is 0 Å². The summed E-state index contributed by atoms with van der Waals surface area (Å²) in [7, 11) is 1.88. The lowest BCUT2D eigenvalue weighted by Gasteiger charge is -2.35. The van der Waals surface area contributed by atoms with E-state index in [4.69, 9.17) is 0 Å². The van der Waals surface area contributed by atoms with E-state index in [0.717, 1.165) is 24.0 Å². The molecule has 0 atom stereocenters. The lowest BCUT2D eigenvalue weighted by molar-refractivity contribution is 0.0681. The summed E-state index contributed by atoms with van der Waals surface area (Å²) in [5.74, 6) is 0.104. The Bertz CT molecular complexity index is 595. The first kappa shape index (κ1) is 13.8. The Morgan fingerprint density at radius 2 is 1.84 bits per heavy atom. The summed E-state index contributed by atoms with van der Waals surface area (Å²) in [5, 5.41) is 5.47. The van der Waals surface area contributed by atoms with Crippen molar-refractivity contribution < 1.29 is 4.79 Å². The van der Waals surface area contributed by atoms with Crippen LogP contribution in [0.3, 0.4) is 0 Å². The van der Waals surface area contributed by atoms with E-state index >= 15 is 0 Å². The van der Waals surface area contributed by atoms with E-state index in [1.807, 2.05) is 48.3 Å². The normalized spacial score (nSPS) is 14.6. The van der Waals surface area contributed by atoms with Gasteiger partial charge in [-0.1, -0.05) is 30.3 Å². The Balaban J connectivity index is 0.00000133. The molecule has 4 heteroatoms. The summed E-state index contributed by atoms with van der Waals surface area (Å²) in [5.41, 5.74) is 0.767. The zero-order valence-corrected chi connectivity index (χ0v) is 11.6. The van der Waals surface area contributed by atoms with Gasteiger partial charge in [-0.15, -0.1) is 12.4 Å². The summed E-state index contributed by atoms with van der Waals surface area (Å²) >= 11 is 0. The Labute approximate surface area is 119 Å². The SMILES string of the molecule is CN(C(=O)c1ccc2ccccc2c1)C1CNC1.Cl. The van der Waals surface area contributed by atoms with Gasteiger partial charge in [0.2, 0.25) is 0 Å². The molecule has 0 unspecified atom stereocenters. The molecule has 1 aliphatic rings. The molecule has 2 aromatic rings. The third-order valence-electron chi connectivity index (χ3n) is 3.62. The standard InChI is InChI=1S/C15H16N2O.ClH/c1-17(14-9-16-10-14)15(18)13-7-6-11-4-2-3-5-12(11)8-13;/h2-8,14,16H,9-10H2,1H3;1H. The Kier molecular flexibility index (Phi) is 4.08. The van der Waals surface area contributed by atoms with Crippen LogP contribution in [0, 0.1) is 0 Å². The number of hydrogen-bond donors (Lipinski definition) is 1. The van der Waals surface area contributed by atoms with Crippen LogP contribution in [-0.4, -0.2) is 37.0 Å². The average molecular weight is 277 g/mol.